The Hall–Kier alpha value is -1.55. The highest BCUT2D eigenvalue weighted by atomic mass is 16.2. The van der Waals surface area contributed by atoms with Gasteiger partial charge in [-0.1, -0.05) is 6.92 Å². The number of nitrogens with one attached hydrogen (secondary N) is 1. The largest absolute Gasteiger partial charge is 0.399 e. The third kappa shape index (κ3) is 2.74. The van der Waals surface area contributed by atoms with Crippen LogP contribution < -0.4 is 16.8 Å². The molecule has 1 atom stereocenters. The second kappa shape index (κ2) is 4.62. The average molecular weight is 193 g/mol. The van der Waals surface area contributed by atoms with Crippen molar-refractivity contribution in [3.8, 4) is 0 Å². The van der Waals surface area contributed by atoms with Gasteiger partial charge in [0.05, 0.1) is 6.04 Å². The Balaban J connectivity index is 2.60. The van der Waals surface area contributed by atoms with Gasteiger partial charge in [-0.05, 0) is 30.7 Å². The summed E-state index contributed by atoms with van der Waals surface area (Å²) in [4.78, 5) is 11.4. The monoisotopic (exact) mass is 193 g/mol. The van der Waals surface area contributed by atoms with E-state index in [0.717, 1.165) is 0 Å². The standard InChI is InChI=1S/C10H15N3O/c1-2-9(12)10(14)13-8-5-3-7(11)4-6-8/h3-6,9H,2,11-12H2,1H3,(H,13,14)/t9-/m1/s1. The molecule has 14 heavy (non-hydrogen) atoms. The second-order valence-corrected chi connectivity index (χ2v) is 3.13. The van der Waals surface area contributed by atoms with Crippen molar-refractivity contribution in [2.45, 2.75) is 19.4 Å². The van der Waals surface area contributed by atoms with Crippen molar-refractivity contribution in [1.82, 2.24) is 0 Å². The number of hydrogen-bond donors (Lipinski definition) is 3. The molecule has 0 fully saturated rings. The van der Waals surface area contributed by atoms with E-state index >= 15 is 0 Å². The van der Waals surface area contributed by atoms with Crippen molar-refractivity contribution < 1.29 is 4.79 Å². The fourth-order valence-corrected chi connectivity index (χ4v) is 0.987. The number of benzene rings is 1. The molecule has 76 valence electrons. The third-order valence-electron chi connectivity index (χ3n) is 1.95. The number of carbonyl (C=O) groups is 1. The van der Waals surface area contributed by atoms with Crippen molar-refractivity contribution in [3.05, 3.63) is 24.3 Å². The molecule has 1 aromatic rings. The summed E-state index contributed by atoms with van der Waals surface area (Å²) in [5.41, 5.74) is 12.4. The quantitative estimate of drug-likeness (QED) is 0.625. The van der Waals surface area contributed by atoms with E-state index in [2.05, 4.69) is 5.32 Å². The van der Waals surface area contributed by atoms with Crippen LogP contribution in [0.5, 0.6) is 0 Å². The van der Waals surface area contributed by atoms with Crippen LogP contribution in [0, 0.1) is 0 Å². The summed E-state index contributed by atoms with van der Waals surface area (Å²) in [5, 5.41) is 2.70. The Labute approximate surface area is 83.3 Å². The minimum Gasteiger partial charge on any atom is -0.399 e. The zero-order chi connectivity index (χ0) is 10.6. The summed E-state index contributed by atoms with van der Waals surface area (Å²) >= 11 is 0. The molecule has 5 N–H and O–H groups in total. The van der Waals surface area contributed by atoms with Crippen LogP contribution in [0.25, 0.3) is 0 Å². The first-order valence-corrected chi connectivity index (χ1v) is 4.55. The predicted molar refractivity (Wildman–Crippen MR) is 57.8 cm³/mol. The number of hydrogen-bond acceptors (Lipinski definition) is 3. The first-order valence-electron chi connectivity index (χ1n) is 4.55. The van der Waals surface area contributed by atoms with Gasteiger partial charge in [-0.3, -0.25) is 4.79 Å². The molecule has 0 unspecified atom stereocenters. The highest BCUT2D eigenvalue weighted by molar-refractivity contribution is 5.94. The van der Waals surface area contributed by atoms with Crippen LogP contribution in [0.3, 0.4) is 0 Å². The highest BCUT2D eigenvalue weighted by Crippen LogP contribution is 2.10. The summed E-state index contributed by atoms with van der Waals surface area (Å²) in [6.45, 7) is 1.87. The molecule has 0 aliphatic rings. The van der Waals surface area contributed by atoms with E-state index in [1.54, 1.807) is 24.3 Å². The number of nitrogen functional groups attached to an aromatic ring is 1. The van der Waals surface area contributed by atoms with E-state index in [1.807, 2.05) is 6.92 Å². The molecule has 0 radical (unpaired) electrons. The van der Waals surface area contributed by atoms with Crippen LogP contribution >= 0.6 is 0 Å². The lowest BCUT2D eigenvalue weighted by atomic mass is 10.2. The average Bonchev–Trinajstić information content (AvgIpc) is 2.20. The lowest BCUT2D eigenvalue weighted by Gasteiger charge is -2.09. The van der Waals surface area contributed by atoms with E-state index < -0.39 is 6.04 Å². The molecule has 0 heterocycles. The zero-order valence-electron chi connectivity index (χ0n) is 8.16. The molecule has 0 aromatic heterocycles. The smallest absolute Gasteiger partial charge is 0.241 e. The molecule has 4 heteroatoms. The van der Waals surface area contributed by atoms with Gasteiger partial charge < -0.3 is 16.8 Å². The van der Waals surface area contributed by atoms with Gasteiger partial charge in [-0.15, -0.1) is 0 Å². The van der Waals surface area contributed by atoms with Gasteiger partial charge in [0.25, 0.3) is 0 Å². The maximum absolute atomic E-state index is 11.4. The first kappa shape index (κ1) is 10.5. The Morgan fingerprint density at radius 2 is 2.00 bits per heavy atom. The van der Waals surface area contributed by atoms with Crippen molar-refractivity contribution in [3.63, 3.8) is 0 Å². The Morgan fingerprint density at radius 1 is 1.43 bits per heavy atom. The lowest BCUT2D eigenvalue weighted by molar-refractivity contribution is -0.117. The molecule has 1 amide bonds. The van der Waals surface area contributed by atoms with Crippen LogP contribution in [0.4, 0.5) is 11.4 Å². The van der Waals surface area contributed by atoms with E-state index in [1.165, 1.54) is 0 Å². The maximum Gasteiger partial charge on any atom is 0.241 e. The highest BCUT2D eigenvalue weighted by Gasteiger charge is 2.10. The van der Waals surface area contributed by atoms with Crippen molar-refractivity contribution >= 4 is 17.3 Å². The van der Waals surface area contributed by atoms with Crippen molar-refractivity contribution in [2.24, 2.45) is 5.73 Å². The molecule has 0 saturated carbocycles. The molecule has 1 aromatic carbocycles. The summed E-state index contributed by atoms with van der Waals surface area (Å²) in [5.74, 6) is -0.169. The third-order valence-corrected chi connectivity index (χ3v) is 1.95. The zero-order valence-corrected chi connectivity index (χ0v) is 8.16. The molecule has 0 spiro atoms. The van der Waals surface area contributed by atoms with Crippen molar-refractivity contribution in [1.29, 1.82) is 0 Å². The van der Waals surface area contributed by atoms with Crippen molar-refractivity contribution in [2.75, 3.05) is 11.1 Å². The van der Waals surface area contributed by atoms with E-state index in [4.69, 9.17) is 11.5 Å². The van der Waals surface area contributed by atoms with Crippen LogP contribution in [0.2, 0.25) is 0 Å². The normalized spacial score (nSPS) is 12.1. The lowest BCUT2D eigenvalue weighted by Crippen LogP contribution is -2.34. The van der Waals surface area contributed by atoms with Gasteiger partial charge in [0.15, 0.2) is 0 Å². The summed E-state index contributed by atoms with van der Waals surface area (Å²) < 4.78 is 0. The van der Waals surface area contributed by atoms with Gasteiger partial charge in [0.1, 0.15) is 0 Å². The summed E-state index contributed by atoms with van der Waals surface area (Å²) in [6.07, 6.45) is 0.626. The fourth-order valence-electron chi connectivity index (χ4n) is 0.987. The Bertz CT molecular complexity index is 308. The minimum absolute atomic E-state index is 0.169. The first-order chi connectivity index (χ1) is 6.63. The molecule has 4 nitrogen and oxygen atoms in total. The summed E-state index contributed by atoms with van der Waals surface area (Å²) in [6, 6.07) is 6.50. The predicted octanol–water partition coefficient (Wildman–Crippen LogP) is 0.945. The summed E-state index contributed by atoms with van der Waals surface area (Å²) in [7, 11) is 0. The number of rotatable bonds is 3. The fraction of sp³-hybridized carbons (Fsp3) is 0.300. The van der Waals surface area contributed by atoms with Gasteiger partial charge in [-0.2, -0.15) is 0 Å². The van der Waals surface area contributed by atoms with Crippen LogP contribution in [0.1, 0.15) is 13.3 Å². The molecule has 1 rings (SSSR count). The van der Waals surface area contributed by atoms with Crippen LogP contribution in [-0.2, 0) is 4.79 Å². The molecule has 0 aliphatic heterocycles. The van der Waals surface area contributed by atoms with E-state index in [0.29, 0.717) is 17.8 Å². The topological polar surface area (TPSA) is 81.1 Å². The number of carbonyl (C=O) groups excluding carboxylic acids is 1. The SMILES string of the molecule is CC[C@@H](N)C(=O)Nc1ccc(N)cc1. The number of anilines is 2. The number of amides is 1. The number of nitrogens with two attached hydrogens (primary N) is 2. The van der Waals surface area contributed by atoms with Gasteiger partial charge in [0, 0.05) is 11.4 Å². The maximum atomic E-state index is 11.4. The Kier molecular flexibility index (Phi) is 3.48. The minimum atomic E-state index is -0.451. The molecule has 0 saturated heterocycles. The van der Waals surface area contributed by atoms with Gasteiger partial charge in [0.2, 0.25) is 5.91 Å². The van der Waals surface area contributed by atoms with Crippen LogP contribution in [0.15, 0.2) is 24.3 Å². The Morgan fingerprint density at radius 3 is 2.50 bits per heavy atom. The van der Waals surface area contributed by atoms with E-state index in [-0.39, 0.29) is 5.91 Å². The molecular weight excluding hydrogens is 178 g/mol. The molecule has 0 aliphatic carbocycles. The molecular formula is C10H15N3O. The van der Waals surface area contributed by atoms with Crippen LogP contribution in [-0.4, -0.2) is 11.9 Å². The van der Waals surface area contributed by atoms with E-state index in [9.17, 15) is 4.79 Å². The second-order valence-electron chi connectivity index (χ2n) is 3.13. The molecule has 0 bridgehead atoms. The van der Waals surface area contributed by atoms with Gasteiger partial charge >= 0.3 is 0 Å². The van der Waals surface area contributed by atoms with Gasteiger partial charge in [-0.25, -0.2) is 0 Å².